The zero-order valence-electron chi connectivity index (χ0n) is 10.1. The molecule has 1 unspecified atom stereocenters. The van der Waals surface area contributed by atoms with Crippen LogP contribution in [0.2, 0.25) is 0 Å². The minimum Gasteiger partial charge on any atom is -0.464 e. The first-order chi connectivity index (χ1) is 6.87. The lowest BCUT2D eigenvalue weighted by Crippen LogP contribution is -2.34. The quantitative estimate of drug-likeness (QED) is 0.513. The highest BCUT2D eigenvalue weighted by Crippen LogP contribution is 2.13. The summed E-state index contributed by atoms with van der Waals surface area (Å²) in [5.41, 5.74) is 11.0. The van der Waals surface area contributed by atoms with Gasteiger partial charge in [0, 0.05) is 0 Å². The molecule has 0 saturated heterocycles. The molecule has 0 aliphatic heterocycles. The molecule has 90 valence electrons. The summed E-state index contributed by atoms with van der Waals surface area (Å²) in [6, 6.07) is -0.501. The summed E-state index contributed by atoms with van der Waals surface area (Å²) in [5.74, 6) is -0.304. The largest absolute Gasteiger partial charge is 0.464 e. The van der Waals surface area contributed by atoms with Gasteiger partial charge in [-0.05, 0) is 24.8 Å². The molecule has 0 aromatic rings. The molecular formula is C11H24N2O2. The third kappa shape index (κ3) is 8.39. The van der Waals surface area contributed by atoms with E-state index in [0.29, 0.717) is 19.6 Å². The third-order valence-corrected chi connectivity index (χ3v) is 1.92. The Bertz CT molecular complexity index is 188. The summed E-state index contributed by atoms with van der Waals surface area (Å²) in [4.78, 5) is 11.4. The van der Waals surface area contributed by atoms with Gasteiger partial charge in [-0.2, -0.15) is 0 Å². The van der Waals surface area contributed by atoms with Gasteiger partial charge in [0.25, 0.3) is 0 Å². The summed E-state index contributed by atoms with van der Waals surface area (Å²) in [5, 5.41) is 0. The fraction of sp³-hybridized carbons (Fsp3) is 0.909. The van der Waals surface area contributed by atoms with Gasteiger partial charge in [-0.3, -0.25) is 4.79 Å². The van der Waals surface area contributed by atoms with Crippen molar-refractivity contribution in [1.82, 2.24) is 0 Å². The smallest absolute Gasteiger partial charge is 0.322 e. The standard InChI is InChI=1S/C11H24N2O2/c1-11(2,3)8-15-10(14)9(13)6-4-5-7-12/h9H,4-8,12-13H2,1-3H3. The molecule has 0 saturated carbocycles. The maximum atomic E-state index is 11.4. The van der Waals surface area contributed by atoms with Crippen molar-refractivity contribution in [2.24, 2.45) is 16.9 Å². The summed E-state index contributed by atoms with van der Waals surface area (Å²) >= 11 is 0. The van der Waals surface area contributed by atoms with Gasteiger partial charge in [-0.15, -0.1) is 0 Å². The maximum Gasteiger partial charge on any atom is 0.322 e. The topological polar surface area (TPSA) is 78.3 Å². The van der Waals surface area contributed by atoms with E-state index >= 15 is 0 Å². The minimum absolute atomic E-state index is 0.00730. The van der Waals surface area contributed by atoms with Crippen molar-refractivity contribution in [3.05, 3.63) is 0 Å². The lowest BCUT2D eigenvalue weighted by Gasteiger charge is -2.19. The molecule has 15 heavy (non-hydrogen) atoms. The Balaban J connectivity index is 3.70. The Morgan fingerprint density at radius 2 is 1.93 bits per heavy atom. The van der Waals surface area contributed by atoms with Crippen LogP contribution in [0.5, 0.6) is 0 Å². The number of carbonyl (C=O) groups is 1. The average molecular weight is 216 g/mol. The molecule has 4 nitrogen and oxygen atoms in total. The van der Waals surface area contributed by atoms with Crippen LogP contribution in [0, 0.1) is 5.41 Å². The van der Waals surface area contributed by atoms with Crippen LogP contribution >= 0.6 is 0 Å². The number of hydrogen-bond acceptors (Lipinski definition) is 4. The molecule has 0 amide bonds. The van der Waals surface area contributed by atoms with Crippen molar-refractivity contribution in [2.45, 2.75) is 46.1 Å². The normalized spacial score (nSPS) is 13.7. The SMILES string of the molecule is CC(C)(C)COC(=O)C(N)CCCCN. The summed E-state index contributed by atoms with van der Waals surface area (Å²) in [7, 11) is 0. The van der Waals surface area contributed by atoms with Crippen molar-refractivity contribution >= 4 is 5.97 Å². The van der Waals surface area contributed by atoms with Crippen LogP contribution in [0.3, 0.4) is 0 Å². The lowest BCUT2D eigenvalue weighted by molar-refractivity contribution is -0.148. The molecule has 4 N–H and O–H groups in total. The average Bonchev–Trinajstić information content (AvgIpc) is 2.13. The van der Waals surface area contributed by atoms with Gasteiger partial charge < -0.3 is 16.2 Å². The van der Waals surface area contributed by atoms with E-state index in [1.807, 2.05) is 20.8 Å². The van der Waals surface area contributed by atoms with E-state index in [2.05, 4.69) is 0 Å². The first-order valence-corrected chi connectivity index (χ1v) is 5.49. The monoisotopic (exact) mass is 216 g/mol. The molecule has 0 aliphatic rings. The van der Waals surface area contributed by atoms with Crippen LogP contribution in [0.1, 0.15) is 40.0 Å². The molecule has 0 fully saturated rings. The fourth-order valence-corrected chi connectivity index (χ4v) is 1.02. The minimum atomic E-state index is -0.501. The second-order valence-electron chi connectivity index (χ2n) is 5.06. The molecule has 0 heterocycles. The van der Waals surface area contributed by atoms with E-state index in [4.69, 9.17) is 16.2 Å². The molecule has 0 bridgehead atoms. The Hall–Kier alpha value is -0.610. The van der Waals surface area contributed by atoms with E-state index in [0.717, 1.165) is 12.8 Å². The predicted octanol–water partition coefficient (Wildman–Crippen LogP) is 1.03. The number of hydrogen-bond donors (Lipinski definition) is 2. The lowest BCUT2D eigenvalue weighted by atomic mass is 9.99. The highest BCUT2D eigenvalue weighted by atomic mass is 16.5. The van der Waals surface area contributed by atoms with E-state index in [-0.39, 0.29) is 11.4 Å². The fourth-order valence-electron chi connectivity index (χ4n) is 1.02. The van der Waals surface area contributed by atoms with Gasteiger partial charge in [0.15, 0.2) is 0 Å². The van der Waals surface area contributed by atoms with Gasteiger partial charge in [0.2, 0.25) is 0 Å². The molecule has 0 aromatic heterocycles. The van der Waals surface area contributed by atoms with Crippen LogP contribution in [0.15, 0.2) is 0 Å². The zero-order valence-corrected chi connectivity index (χ0v) is 10.1. The first kappa shape index (κ1) is 14.4. The predicted molar refractivity (Wildman–Crippen MR) is 61.3 cm³/mol. The Kier molecular flexibility index (Phi) is 6.52. The van der Waals surface area contributed by atoms with Crippen molar-refractivity contribution < 1.29 is 9.53 Å². The van der Waals surface area contributed by atoms with Gasteiger partial charge in [-0.25, -0.2) is 0 Å². The molecule has 0 aromatic carbocycles. The van der Waals surface area contributed by atoms with E-state index in [1.165, 1.54) is 0 Å². The van der Waals surface area contributed by atoms with Crippen molar-refractivity contribution in [3.63, 3.8) is 0 Å². The van der Waals surface area contributed by atoms with Crippen LogP contribution in [0.25, 0.3) is 0 Å². The van der Waals surface area contributed by atoms with E-state index in [1.54, 1.807) is 0 Å². The number of rotatable bonds is 6. The Morgan fingerprint density at radius 1 is 1.33 bits per heavy atom. The van der Waals surface area contributed by atoms with Crippen LogP contribution < -0.4 is 11.5 Å². The van der Waals surface area contributed by atoms with Crippen LogP contribution in [-0.4, -0.2) is 25.2 Å². The number of unbranched alkanes of at least 4 members (excludes halogenated alkanes) is 1. The second-order valence-corrected chi connectivity index (χ2v) is 5.06. The number of ether oxygens (including phenoxy) is 1. The molecule has 0 aliphatic carbocycles. The number of esters is 1. The number of nitrogens with two attached hydrogens (primary N) is 2. The Morgan fingerprint density at radius 3 is 2.40 bits per heavy atom. The first-order valence-electron chi connectivity index (χ1n) is 5.49. The molecule has 4 heteroatoms. The Labute approximate surface area is 92.3 Å². The van der Waals surface area contributed by atoms with Crippen LogP contribution in [-0.2, 0) is 9.53 Å². The maximum absolute atomic E-state index is 11.4. The number of carbonyl (C=O) groups excluding carboxylic acids is 1. The van der Waals surface area contributed by atoms with Crippen molar-refractivity contribution in [3.8, 4) is 0 Å². The highest BCUT2D eigenvalue weighted by molar-refractivity contribution is 5.75. The molecule has 0 spiro atoms. The third-order valence-electron chi connectivity index (χ3n) is 1.92. The summed E-state index contributed by atoms with van der Waals surface area (Å²) < 4.78 is 5.10. The molecule has 0 rings (SSSR count). The van der Waals surface area contributed by atoms with E-state index < -0.39 is 6.04 Å². The summed E-state index contributed by atoms with van der Waals surface area (Å²) in [6.45, 7) is 7.10. The molecular weight excluding hydrogens is 192 g/mol. The molecule has 0 radical (unpaired) electrons. The highest BCUT2D eigenvalue weighted by Gasteiger charge is 2.18. The van der Waals surface area contributed by atoms with Gasteiger partial charge in [-0.1, -0.05) is 27.2 Å². The van der Waals surface area contributed by atoms with Gasteiger partial charge in [0.05, 0.1) is 6.61 Å². The molecule has 1 atom stereocenters. The van der Waals surface area contributed by atoms with Crippen molar-refractivity contribution in [1.29, 1.82) is 0 Å². The second kappa shape index (κ2) is 6.80. The zero-order chi connectivity index (χ0) is 11.9. The van der Waals surface area contributed by atoms with Gasteiger partial charge >= 0.3 is 5.97 Å². The van der Waals surface area contributed by atoms with Crippen molar-refractivity contribution in [2.75, 3.05) is 13.2 Å². The van der Waals surface area contributed by atoms with Crippen LogP contribution in [0.4, 0.5) is 0 Å². The summed E-state index contributed by atoms with van der Waals surface area (Å²) in [6.07, 6.45) is 2.43. The van der Waals surface area contributed by atoms with Gasteiger partial charge in [0.1, 0.15) is 6.04 Å². The van der Waals surface area contributed by atoms with E-state index in [9.17, 15) is 4.79 Å².